The van der Waals surface area contributed by atoms with Gasteiger partial charge in [0.15, 0.2) is 5.69 Å². The number of aromatic nitrogens is 1. The first-order chi connectivity index (χ1) is 6.16. The van der Waals surface area contributed by atoms with Gasteiger partial charge in [-0.25, -0.2) is 9.78 Å². The van der Waals surface area contributed by atoms with E-state index in [4.69, 9.17) is 22.1 Å². The number of nitrogens with two attached hydrogens (primary N) is 1. The summed E-state index contributed by atoms with van der Waals surface area (Å²) in [5, 5.41) is 0.140. The number of pyridine rings is 1. The molecule has 0 aliphatic carbocycles. The molecule has 5 heteroatoms. The highest BCUT2D eigenvalue weighted by molar-refractivity contribution is 6.35. The van der Waals surface area contributed by atoms with Crippen LogP contribution in [0.1, 0.15) is 17.4 Å². The zero-order chi connectivity index (χ0) is 9.84. The van der Waals surface area contributed by atoms with Gasteiger partial charge in [0.05, 0.1) is 17.3 Å². The van der Waals surface area contributed by atoms with Gasteiger partial charge in [0.2, 0.25) is 0 Å². The van der Waals surface area contributed by atoms with E-state index >= 15 is 0 Å². The second-order valence-electron chi connectivity index (χ2n) is 2.28. The molecule has 0 saturated heterocycles. The fourth-order valence-electron chi connectivity index (χ4n) is 0.800. The lowest BCUT2D eigenvalue weighted by Crippen LogP contribution is -2.08. The topological polar surface area (TPSA) is 65.2 Å². The van der Waals surface area contributed by atoms with Gasteiger partial charge in [-0.3, -0.25) is 0 Å². The quantitative estimate of drug-likeness (QED) is 0.735. The molecule has 0 bridgehead atoms. The van der Waals surface area contributed by atoms with Crippen LogP contribution in [-0.4, -0.2) is 17.6 Å². The van der Waals surface area contributed by atoms with Crippen LogP contribution in [0.25, 0.3) is 0 Å². The van der Waals surface area contributed by atoms with E-state index in [0.29, 0.717) is 5.69 Å². The second-order valence-corrected chi connectivity index (χ2v) is 2.66. The zero-order valence-electron chi connectivity index (χ0n) is 7.08. The number of nitrogen functional groups attached to an aromatic ring is 1. The number of carbonyl (C=O) groups is 1. The van der Waals surface area contributed by atoms with Crippen LogP contribution in [0.3, 0.4) is 0 Å². The highest BCUT2D eigenvalue weighted by atomic mass is 35.5. The summed E-state index contributed by atoms with van der Waals surface area (Å²) >= 11 is 5.74. The van der Waals surface area contributed by atoms with Crippen LogP contribution in [0.2, 0.25) is 5.02 Å². The molecule has 0 fully saturated rings. The molecule has 0 atom stereocenters. The molecule has 4 nitrogen and oxygen atoms in total. The van der Waals surface area contributed by atoms with Gasteiger partial charge < -0.3 is 10.5 Å². The van der Waals surface area contributed by atoms with Crippen molar-refractivity contribution in [2.45, 2.75) is 6.92 Å². The predicted molar refractivity (Wildman–Crippen MR) is 49.6 cm³/mol. The van der Waals surface area contributed by atoms with Crippen LogP contribution in [-0.2, 0) is 4.74 Å². The van der Waals surface area contributed by atoms with Crippen molar-refractivity contribution in [1.29, 1.82) is 0 Å². The summed E-state index contributed by atoms with van der Waals surface area (Å²) in [5.41, 5.74) is 5.85. The number of hydrogen-bond acceptors (Lipinski definition) is 4. The van der Waals surface area contributed by atoms with Crippen molar-refractivity contribution < 1.29 is 9.53 Å². The van der Waals surface area contributed by atoms with Crippen molar-refractivity contribution in [3.8, 4) is 0 Å². The van der Waals surface area contributed by atoms with Crippen molar-refractivity contribution in [3.05, 3.63) is 23.0 Å². The minimum Gasteiger partial charge on any atom is -0.461 e. The van der Waals surface area contributed by atoms with Gasteiger partial charge in [0.1, 0.15) is 0 Å². The number of hydrogen-bond donors (Lipinski definition) is 1. The number of ether oxygens (including phenoxy) is 1. The van der Waals surface area contributed by atoms with Crippen molar-refractivity contribution in [1.82, 2.24) is 4.98 Å². The zero-order valence-corrected chi connectivity index (χ0v) is 7.84. The standard InChI is InChI=1S/C8H9ClN2O2/c1-2-13-8(12)7-6(9)5(10)3-4-11-7/h3-4H,2H2,1H3,(H2,10,11). The van der Waals surface area contributed by atoms with E-state index in [-0.39, 0.29) is 17.3 Å². The number of halogens is 1. The molecule has 0 spiro atoms. The minimum absolute atomic E-state index is 0.0588. The number of carbonyl (C=O) groups excluding carboxylic acids is 1. The van der Waals surface area contributed by atoms with Crippen LogP contribution in [0, 0.1) is 0 Å². The van der Waals surface area contributed by atoms with Crippen LogP contribution in [0.4, 0.5) is 5.69 Å². The maximum absolute atomic E-state index is 11.2. The van der Waals surface area contributed by atoms with Crippen LogP contribution >= 0.6 is 11.6 Å². The Hall–Kier alpha value is -1.29. The van der Waals surface area contributed by atoms with Crippen LogP contribution in [0.15, 0.2) is 12.3 Å². The largest absolute Gasteiger partial charge is 0.461 e. The number of anilines is 1. The average Bonchev–Trinajstić information content (AvgIpc) is 2.10. The lowest BCUT2D eigenvalue weighted by molar-refractivity contribution is 0.0520. The van der Waals surface area contributed by atoms with E-state index in [1.165, 1.54) is 12.3 Å². The lowest BCUT2D eigenvalue weighted by Gasteiger charge is -2.03. The van der Waals surface area contributed by atoms with E-state index in [0.717, 1.165) is 0 Å². The monoisotopic (exact) mass is 200 g/mol. The van der Waals surface area contributed by atoms with E-state index in [9.17, 15) is 4.79 Å². The summed E-state index contributed by atoms with van der Waals surface area (Å²) in [4.78, 5) is 15.0. The Kier molecular flexibility index (Phi) is 3.08. The average molecular weight is 201 g/mol. The first-order valence-corrected chi connectivity index (χ1v) is 4.11. The lowest BCUT2D eigenvalue weighted by atomic mass is 10.3. The first-order valence-electron chi connectivity index (χ1n) is 3.74. The molecular formula is C8H9ClN2O2. The van der Waals surface area contributed by atoms with E-state index in [1.807, 2.05) is 0 Å². The molecule has 0 unspecified atom stereocenters. The molecule has 1 aromatic rings. The normalized spacial score (nSPS) is 9.69. The van der Waals surface area contributed by atoms with Crippen LogP contribution in [0.5, 0.6) is 0 Å². The molecule has 2 N–H and O–H groups in total. The number of esters is 1. The maximum atomic E-state index is 11.2. The summed E-state index contributed by atoms with van der Waals surface area (Å²) in [7, 11) is 0. The van der Waals surface area contributed by atoms with E-state index in [2.05, 4.69) is 4.98 Å². The van der Waals surface area contributed by atoms with Gasteiger partial charge in [-0.05, 0) is 13.0 Å². The Balaban J connectivity index is 3.01. The van der Waals surface area contributed by atoms with Gasteiger partial charge in [-0.15, -0.1) is 0 Å². The molecular weight excluding hydrogens is 192 g/mol. The SMILES string of the molecule is CCOC(=O)c1nccc(N)c1Cl. The molecule has 1 aromatic heterocycles. The molecule has 0 saturated carbocycles. The summed E-state index contributed by atoms with van der Waals surface area (Å²) in [6.45, 7) is 1.99. The van der Waals surface area contributed by atoms with E-state index in [1.54, 1.807) is 6.92 Å². The van der Waals surface area contributed by atoms with Gasteiger partial charge in [0.25, 0.3) is 0 Å². The van der Waals surface area contributed by atoms with Crippen molar-refractivity contribution >= 4 is 23.3 Å². The Bertz CT molecular complexity index is 328. The van der Waals surface area contributed by atoms with Gasteiger partial charge in [-0.1, -0.05) is 11.6 Å². The van der Waals surface area contributed by atoms with Crippen LogP contribution < -0.4 is 5.73 Å². The first kappa shape index (κ1) is 9.80. The molecule has 0 radical (unpaired) electrons. The smallest absolute Gasteiger partial charge is 0.358 e. The fraction of sp³-hybridized carbons (Fsp3) is 0.250. The molecule has 0 aliphatic rings. The third-order valence-electron chi connectivity index (χ3n) is 1.39. The summed E-state index contributed by atoms with van der Waals surface area (Å²) in [5.74, 6) is -0.556. The van der Waals surface area contributed by atoms with Gasteiger partial charge in [0, 0.05) is 6.20 Å². The third kappa shape index (κ3) is 2.09. The Morgan fingerprint density at radius 2 is 2.46 bits per heavy atom. The summed E-state index contributed by atoms with van der Waals surface area (Å²) < 4.78 is 4.72. The molecule has 1 heterocycles. The molecule has 0 amide bonds. The Morgan fingerprint density at radius 1 is 1.77 bits per heavy atom. The number of rotatable bonds is 2. The third-order valence-corrected chi connectivity index (χ3v) is 1.79. The molecule has 0 aliphatic heterocycles. The Morgan fingerprint density at radius 3 is 3.08 bits per heavy atom. The second kappa shape index (κ2) is 4.09. The van der Waals surface area contributed by atoms with Crippen molar-refractivity contribution in [2.24, 2.45) is 0 Å². The molecule has 13 heavy (non-hydrogen) atoms. The van der Waals surface area contributed by atoms with Gasteiger partial charge in [-0.2, -0.15) is 0 Å². The summed E-state index contributed by atoms with van der Waals surface area (Å²) in [6, 6.07) is 1.52. The molecule has 0 aromatic carbocycles. The minimum atomic E-state index is -0.556. The summed E-state index contributed by atoms with van der Waals surface area (Å²) in [6.07, 6.45) is 1.41. The fourth-order valence-corrected chi connectivity index (χ4v) is 0.989. The highest BCUT2D eigenvalue weighted by Crippen LogP contribution is 2.21. The predicted octanol–water partition coefficient (Wildman–Crippen LogP) is 1.49. The highest BCUT2D eigenvalue weighted by Gasteiger charge is 2.14. The number of nitrogens with zero attached hydrogens (tertiary/aromatic N) is 1. The maximum Gasteiger partial charge on any atom is 0.358 e. The van der Waals surface area contributed by atoms with Crippen molar-refractivity contribution in [3.63, 3.8) is 0 Å². The molecule has 70 valence electrons. The van der Waals surface area contributed by atoms with E-state index < -0.39 is 5.97 Å². The molecule has 1 rings (SSSR count). The van der Waals surface area contributed by atoms with Gasteiger partial charge >= 0.3 is 5.97 Å². The Labute approximate surface area is 80.7 Å². The van der Waals surface area contributed by atoms with Crippen molar-refractivity contribution in [2.75, 3.05) is 12.3 Å².